The molecular weight excluding hydrogens is 347 g/mol. The molecule has 0 radical (unpaired) electrons. The van der Waals surface area contributed by atoms with Gasteiger partial charge in [-0.2, -0.15) is 13.2 Å². The van der Waals surface area contributed by atoms with Crippen LogP contribution in [0.25, 0.3) is 22.2 Å². The van der Waals surface area contributed by atoms with Crippen molar-refractivity contribution in [3.63, 3.8) is 0 Å². The van der Waals surface area contributed by atoms with Crippen LogP contribution >= 0.6 is 0 Å². The highest BCUT2D eigenvalue weighted by molar-refractivity contribution is 5.98. The monoisotopic (exact) mass is 363 g/mol. The highest BCUT2D eigenvalue weighted by atomic mass is 19.4. The third-order valence-electron chi connectivity index (χ3n) is 4.41. The summed E-state index contributed by atoms with van der Waals surface area (Å²) >= 11 is 0. The van der Waals surface area contributed by atoms with E-state index in [-0.39, 0.29) is 11.1 Å². The number of aromatic nitrogens is 1. The van der Waals surface area contributed by atoms with Crippen LogP contribution in [0.5, 0.6) is 0 Å². The predicted octanol–water partition coefficient (Wildman–Crippen LogP) is 3.77. The molecule has 0 amide bonds. The first-order chi connectivity index (χ1) is 12.2. The maximum atomic E-state index is 13.9. The SMILES string of the molecule is COC(=O)C(O)(c1c(-c2ccccc2)n(C)c2ccccc12)C(F)(F)F. The van der Waals surface area contributed by atoms with Crippen molar-refractivity contribution in [2.45, 2.75) is 11.8 Å². The van der Waals surface area contributed by atoms with E-state index >= 15 is 0 Å². The lowest BCUT2D eigenvalue weighted by Gasteiger charge is -2.29. The number of ether oxygens (including phenoxy) is 1. The summed E-state index contributed by atoms with van der Waals surface area (Å²) in [5.74, 6) is -1.78. The number of benzene rings is 2. The van der Waals surface area contributed by atoms with Gasteiger partial charge in [0.2, 0.25) is 0 Å². The average molecular weight is 363 g/mol. The number of carbonyl (C=O) groups is 1. The van der Waals surface area contributed by atoms with Crippen molar-refractivity contribution in [1.29, 1.82) is 0 Å². The van der Waals surface area contributed by atoms with E-state index in [0.717, 1.165) is 7.11 Å². The molecule has 0 aliphatic rings. The van der Waals surface area contributed by atoms with E-state index in [1.54, 1.807) is 55.6 Å². The highest BCUT2D eigenvalue weighted by Gasteiger charge is 2.64. The summed E-state index contributed by atoms with van der Waals surface area (Å²) in [7, 11) is 2.40. The first-order valence-corrected chi connectivity index (χ1v) is 7.74. The maximum absolute atomic E-state index is 13.9. The molecule has 7 heteroatoms. The van der Waals surface area contributed by atoms with Gasteiger partial charge in [-0.3, -0.25) is 0 Å². The quantitative estimate of drug-likeness (QED) is 0.721. The third kappa shape index (κ3) is 2.47. The third-order valence-corrected chi connectivity index (χ3v) is 4.41. The zero-order valence-electron chi connectivity index (χ0n) is 14.0. The molecule has 26 heavy (non-hydrogen) atoms. The molecule has 136 valence electrons. The number of hydrogen-bond donors (Lipinski definition) is 1. The first kappa shape index (κ1) is 18.0. The lowest BCUT2D eigenvalue weighted by Crippen LogP contribution is -2.50. The molecule has 0 saturated carbocycles. The fourth-order valence-corrected chi connectivity index (χ4v) is 3.20. The van der Waals surface area contributed by atoms with Gasteiger partial charge in [-0.1, -0.05) is 48.5 Å². The summed E-state index contributed by atoms with van der Waals surface area (Å²) in [5, 5.41) is 10.8. The maximum Gasteiger partial charge on any atom is 0.432 e. The Kier molecular flexibility index (Phi) is 4.28. The number of esters is 1. The number of aryl methyl sites for hydroxylation is 1. The second kappa shape index (κ2) is 6.17. The number of methoxy groups -OCH3 is 1. The summed E-state index contributed by atoms with van der Waals surface area (Å²) in [6.45, 7) is 0. The molecule has 2 aromatic carbocycles. The van der Waals surface area contributed by atoms with Gasteiger partial charge < -0.3 is 14.4 Å². The molecule has 0 bridgehead atoms. The Bertz CT molecular complexity index is 963. The molecule has 1 aromatic heterocycles. The Labute approximate surface area is 147 Å². The number of para-hydroxylation sites is 1. The van der Waals surface area contributed by atoms with Crippen molar-refractivity contribution < 1.29 is 27.8 Å². The minimum Gasteiger partial charge on any atom is -0.466 e. The van der Waals surface area contributed by atoms with Crippen LogP contribution in [0, 0.1) is 0 Å². The summed E-state index contributed by atoms with van der Waals surface area (Å²) in [6.07, 6.45) is -5.27. The van der Waals surface area contributed by atoms with Crippen LogP contribution in [-0.2, 0) is 22.2 Å². The number of rotatable bonds is 3. The molecule has 0 saturated heterocycles. The predicted molar refractivity (Wildman–Crippen MR) is 90.3 cm³/mol. The largest absolute Gasteiger partial charge is 0.466 e. The number of carbonyl (C=O) groups excluding carboxylic acids is 1. The van der Waals surface area contributed by atoms with E-state index in [0.29, 0.717) is 11.1 Å². The van der Waals surface area contributed by atoms with E-state index in [1.165, 1.54) is 10.6 Å². The fourth-order valence-electron chi connectivity index (χ4n) is 3.20. The Balaban J connectivity index is 2.50. The van der Waals surface area contributed by atoms with Crippen molar-refractivity contribution in [1.82, 2.24) is 4.57 Å². The molecule has 0 aliphatic heterocycles. The van der Waals surface area contributed by atoms with Crippen molar-refractivity contribution in [3.05, 3.63) is 60.2 Å². The molecule has 0 spiro atoms. The summed E-state index contributed by atoms with van der Waals surface area (Å²) in [4.78, 5) is 12.1. The average Bonchev–Trinajstić information content (AvgIpc) is 2.93. The smallest absolute Gasteiger partial charge is 0.432 e. The van der Waals surface area contributed by atoms with Gasteiger partial charge in [0.1, 0.15) is 0 Å². The van der Waals surface area contributed by atoms with Crippen LogP contribution in [0.2, 0.25) is 0 Å². The Morgan fingerprint density at radius 2 is 1.62 bits per heavy atom. The number of nitrogens with zero attached hydrogens (tertiary/aromatic N) is 1. The zero-order chi connectivity index (χ0) is 19.1. The molecule has 3 aromatic rings. The van der Waals surface area contributed by atoms with Gasteiger partial charge in [0.05, 0.1) is 12.8 Å². The topological polar surface area (TPSA) is 51.5 Å². The van der Waals surface area contributed by atoms with E-state index in [4.69, 9.17) is 0 Å². The van der Waals surface area contributed by atoms with Crippen LogP contribution in [-0.4, -0.2) is 28.9 Å². The van der Waals surface area contributed by atoms with Gasteiger partial charge in [0.25, 0.3) is 5.60 Å². The highest BCUT2D eigenvalue weighted by Crippen LogP contribution is 2.47. The number of hydrogen-bond acceptors (Lipinski definition) is 3. The van der Waals surface area contributed by atoms with Gasteiger partial charge in [-0.05, 0) is 11.6 Å². The second-order valence-electron chi connectivity index (χ2n) is 5.87. The Hall–Kier alpha value is -2.80. The van der Waals surface area contributed by atoms with Crippen LogP contribution in [0.1, 0.15) is 5.56 Å². The van der Waals surface area contributed by atoms with Gasteiger partial charge in [0.15, 0.2) is 0 Å². The Morgan fingerprint density at radius 1 is 1.04 bits per heavy atom. The number of alkyl halides is 3. The molecule has 1 atom stereocenters. The van der Waals surface area contributed by atoms with Gasteiger partial charge >= 0.3 is 12.1 Å². The molecule has 1 heterocycles. The molecule has 4 nitrogen and oxygen atoms in total. The number of fused-ring (bicyclic) bond motifs is 1. The van der Waals surface area contributed by atoms with Crippen LogP contribution in [0.15, 0.2) is 54.6 Å². The van der Waals surface area contributed by atoms with E-state index in [1.807, 2.05) is 0 Å². The fraction of sp³-hybridized carbons (Fsp3) is 0.211. The minimum atomic E-state index is -5.27. The second-order valence-corrected chi connectivity index (χ2v) is 5.87. The van der Waals surface area contributed by atoms with E-state index in [9.17, 15) is 23.1 Å². The van der Waals surface area contributed by atoms with Gasteiger partial charge in [-0.15, -0.1) is 0 Å². The van der Waals surface area contributed by atoms with Crippen LogP contribution < -0.4 is 0 Å². The summed E-state index contributed by atoms with van der Waals surface area (Å²) in [6, 6.07) is 14.6. The molecule has 0 aliphatic carbocycles. The van der Waals surface area contributed by atoms with Crippen LogP contribution in [0.3, 0.4) is 0 Å². The van der Waals surface area contributed by atoms with Crippen molar-refractivity contribution in [2.24, 2.45) is 7.05 Å². The summed E-state index contributed by atoms with van der Waals surface area (Å²) in [5.41, 5.74) is -3.35. The summed E-state index contributed by atoms with van der Waals surface area (Å²) < 4.78 is 47.6. The molecular formula is C19H16F3NO3. The number of halogens is 3. The standard InChI is InChI=1S/C19H16F3NO3/c1-23-14-11-7-6-10-13(14)15(16(23)12-8-4-3-5-9-12)18(25,17(24)26-2)19(20,21)22/h3-11,25H,1-2H3. The molecule has 1 unspecified atom stereocenters. The number of aliphatic hydroxyl groups is 1. The normalized spacial score (nSPS) is 14.2. The van der Waals surface area contributed by atoms with E-state index < -0.39 is 23.3 Å². The molecule has 3 rings (SSSR count). The Morgan fingerprint density at radius 3 is 2.19 bits per heavy atom. The van der Waals surface area contributed by atoms with Crippen molar-refractivity contribution >= 4 is 16.9 Å². The van der Waals surface area contributed by atoms with Crippen LogP contribution in [0.4, 0.5) is 13.2 Å². The molecule has 1 N–H and O–H groups in total. The van der Waals surface area contributed by atoms with Gasteiger partial charge in [0, 0.05) is 23.5 Å². The van der Waals surface area contributed by atoms with Crippen molar-refractivity contribution in [2.75, 3.05) is 7.11 Å². The first-order valence-electron chi connectivity index (χ1n) is 7.74. The van der Waals surface area contributed by atoms with E-state index in [2.05, 4.69) is 4.74 Å². The van der Waals surface area contributed by atoms with Crippen molar-refractivity contribution in [3.8, 4) is 11.3 Å². The minimum absolute atomic E-state index is 0.0945. The van der Waals surface area contributed by atoms with Gasteiger partial charge in [-0.25, -0.2) is 4.79 Å². The molecule has 0 fully saturated rings. The lowest BCUT2D eigenvalue weighted by atomic mass is 9.88. The lowest BCUT2D eigenvalue weighted by molar-refractivity contribution is -0.266. The zero-order valence-corrected chi connectivity index (χ0v) is 14.0.